The van der Waals surface area contributed by atoms with Crippen molar-refractivity contribution in [3.8, 4) is 28.5 Å². The molecule has 2 aromatic carbocycles. The number of pyridine rings is 1. The fourth-order valence-corrected chi connectivity index (χ4v) is 8.09. The van der Waals surface area contributed by atoms with E-state index in [1.165, 1.54) is 12.8 Å². The van der Waals surface area contributed by atoms with Crippen LogP contribution < -0.4 is 25.8 Å². The zero-order valence-corrected chi connectivity index (χ0v) is 27.6. The Morgan fingerprint density at radius 1 is 1.04 bits per heavy atom. The maximum Gasteiger partial charge on any atom is 0.454 e. The number of methoxy groups -OCH3 is 1. The van der Waals surface area contributed by atoms with Gasteiger partial charge in [-0.1, -0.05) is 0 Å². The summed E-state index contributed by atoms with van der Waals surface area (Å²) >= 11 is 0. The molecule has 13 heteroatoms. The van der Waals surface area contributed by atoms with Crippen LogP contribution in [0.15, 0.2) is 54.6 Å². The highest BCUT2D eigenvalue weighted by atomic mass is 16.5. The van der Waals surface area contributed by atoms with Gasteiger partial charge in [-0.3, -0.25) is 4.79 Å². The van der Waals surface area contributed by atoms with Gasteiger partial charge in [-0.25, -0.2) is 24.9 Å². The second-order valence-electron chi connectivity index (χ2n) is 14.1. The van der Waals surface area contributed by atoms with Crippen LogP contribution in [0.2, 0.25) is 0 Å². The predicted octanol–water partition coefficient (Wildman–Crippen LogP) is 4.52. The SMILES string of the molecule is COc1cc(C(=O)N2CC3CCC2[C@@H]3N)cc2nc(-c3cc4ccc(-c5ccc([N+]6(C)NC(=O)NC6=O)cc5)nc4n3CC3CC3)n(C)c12. The summed E-state index contributed by atoms with van der Waals surface area (Å²) in [6.45, 7) is 1.52. The molecule has 2 saturated carbocycles. The lowest BCUT2D eigenvalue weighted by Gasteiger charge is -2.27. The summed E-state index contributed by atoms with van der Waals surface area (Å²) in [7, 11) is 5.25. The van der Waals surface area contributed by atoms with E-state index in [-0.39, 0.29) is 22.6 Å². The van der Waals surface area contributed by atoms with E-state index in [1.807, 2.05) is 59.0 Å². The second kappa shape index (κ2) is 10.6. The van der Waals surface area contributed by atoms with Crippen molar-refractivity contribution in [3.63, 3.8) is 0 Å². The first-order valence-electron chi connectivity index (χ1n) is 16.9. The number of hydrogen-bond donors (Lipinski definition) is 3. The van der Waals surface area contributed by atoms with Crippen molar-refractivity contribution in [1.29, 1.82) is 0 Å². The van der Waals surface area contributed by atoms with Gasteiger partial charge < -0.3 is 24.5 Å². The summed E-state index contributed by atoms with van der Waals surface area (Å²) in [5.74, 6) is 2.29. The number of nitrogens with one attached hydrogen (secondary N) is 2. The third-order valence-electron chi connectivity index (χ3n) is 11.1. The standard InChI is InChI=1S/C36H37N9O4/c1-42-31-26(14-23(16-29(31)49-3)34(46)44-18-22-9-13-27(44)30(22)37)39-33(42)28-15-21-8-12-25(38-32(21)43(28)17-19-4-5-19)20-6-10-24(11-7-20)45(2)36(48)40-35(47)41-45/h6-8,10-12,14-16,19,22,27,30H,4-5,9,13,17-18,37H2,1-3H3,(H-,40,41,47,48)/p+1/t22?,27?,30-,45?/m1/s1. The van der Waals surface area contributed by atoms with E-state index in [4.69, 9.17) is 20.4 Å². The number of likely N-dealkylation sites (tertiary alicyclic amines) is 1. The third-order valence-corrected chi connectivity index (χ3v) is 11.1. The molecule has 4 atom stereocenters. The van der Waals surface area contributed by atoms with Crippen LogP contribution in [0.25, 0.3) is 44.8 Å². The molecule has 0 spiro atoms. The molecule has 5 amide bonds. The zero-order valence-electron chi connectivity index (χ0n) is 27.6. The molecule has 2 saturated heterocycles. The van der Waals surface area contributed by atoms with Crippen molar-refractivity contribution >= 4 is 45.7 Å². The number of quaternary nitrogens is 1. The molecule has 3 aromatic heterocycles. The number of aryl methyl sites for hydroxylation is 1. The molecule has 13 nitrogen and oxygen atoms in total. The van der Waals surface area contributed by atoms with E-state index in [0.29, 0.717) is 40.9 Å². The van der Waals surface area contributed by atoms with Gasteiger partial charge in [0.2, 0.25) is 0 Å². The number of ether oxygens (including phenoxy) is 1. The number of nitrogens with zero attached hydrogens (tertiary/aromatic N) is 6. The number of benzene rings is 2. The van der Waals surface area contributed by atoms with Gasteiger partial charge in [0.1, 0.15) is 24.0 Å². The highest BCUT2D eigenvalue weighted by Gasteiger charge is 2.47. The Labute approximate surface area is 282 Å². The molecular formula is C36H38N9O4+. The van der Waals surface area contributed by atoms with Gasteiger partial charge in [-0.15, -0.1) is 4.59 Å². The first kappa shape index (κ1) is 29.8. The molecule has 4 fully saturated rings. The molecule has 2 aliphatic carbocycles. The van der Waals surface area contributed by atoms with Crippen LogP contribution in [0.3, 0.4) is 0 Å². The Morgan fingerprint density at radius 2 is 1.84 bits per heavy atom. The summed E-state index contributed by atoms with van der Waals surface area (Å²) in [6, 6.07) is 16.6. The van der Waals surface area contributed by atoms with Crippen molar-refractivity contribution in [2.24, 2.45) is 24.6 Å². The van der Waals surface area contributed by atoms with Crippen LogP contribution in [-0.4, -0.2) is 74.8 Å². The molecular weight excluding hydrogens is 622 g/mol. The number of rotatable bonds is 7. The van der Waals surface area contributed by atoms with Crippen LogP contribution in [0.4, 0.5) is 15.3 Å². The largest absolute Gasteiger partial charge is 0.494 e. The van der Waals surface area contributed by atoms with Crippen LogP contribution in [-0.2, 0) is 13.6 Å². The average Bonchev–Trinajstić information content (AvgIpc) is 3.31. The molecule has 4 aliphatic rings. The van der Waals surface area contributed by atoms with Gasteiger partial charge >= 0.3 is 12.1 Å². The summed E-state index contributed by atoms with van der Waals surface area (Å²) in [4.78, 5) is 50.2. The minimum Gasteiger partial charge on any atom is -0.494 e. The normalized spacial score (nSPS) is 24.7. The Bertz CT molecular complexity index is 2220. The molecule has 0 radical (unpaired) electrons. The van der Waals surface area contributed by atoms with Crippen molar-refractivity contribution < 1.29 is 19.1 Å². The number of aromatic nitrogens is 4. The van der Waals surface area contributed by atoms with Crippen molar-refractivity contribution in [2.75, 3.05) is 20.7 Å². The average molecular weight is 661 g/mol. The van der Waals surface area contributed by atoms with E-state index in [0.717, 1.165) is 58.7 Å². The number of imidazole rings is 1. The number of carbonyl (C=O) groups excluding carboxylic acids is 3. The highest BCUT2D eigenvalue weighted by Crippen LogP contribution is 2.40. The van der Waals surface area contributed by atoms with E-state index >= 15 is 0 Å². The number of imide groups is 1. The molecule has 2 aliphatic heterocycles. The second-order valence-corrected chi connectivity index (χ2v) is 14.1. The van der Waals surface area contributed by atoms with Crippen molar-refractivity contribution in [2.45, 2.75) is 44.3 Å². The minimum absolute atomic E-state index is 0.0213. The first-order chi connectivity index (χ1) is 23.6. The van der Waals surface area contributed by atoms with Gasteiger partial charge in [0.05, 0.1) is 24.0 Å². The third kappa shape index (κ3) is 4.56. The molecule has 9 rings (SSSR count). The lowest BCUT2D eigenvalue weighted by atomic mass is 10.1. The number of urea groups is 2. The van der Waals surface area contributed by atoms with E-state index in [2.05, 4.69) is 27.4 Å². The number of carbonyl (C=O) groups is 3. The monoisotopic (exact) mass is 660 g/mol. The first-order valence-corrected chi connectivity index (χ1v) is 16.9. The lowest BCUT2D eigenvalue weighted by Crippen LogP contribution is -2.55. The molecule has 4 N–H and O–H groups in total. The highest BCUT2D eigenvalue weighted by molar-refractivity contribution is 6.05. The molecule has 2 bridgehead atoms. The molecule has 3 unspecified atom stereocenters. The quantitative estimate of drug-likeness (QED) is 0.217. The summed E-state index contributed by atoms with van der Waals surface area (Å²) in [5.41, 5.74) is 15.3. The zero-order chi connectivity index (χ0) is 33.8. The fourth-order valence-electron chi connectivity index (χ4n) is 8.09. The maximum atomic E-state index is 13.8. The topological polar surface area (TPSA) is 149 Å². The Balaban J connectivity index is 1.10. The predicted molar refractivity (Wildman–Crippen MR) is 184 cm³/mol. The van der Waals surface area contributed by atoms with Gasteiger partial charge in [0.25, 0.3) is 5.91 Å². The van der Waals surface area contributed by atoms with Gasteiger partial charge in [0.15, 0.2) is 11.5 Å². The summed E-state index contributed by atoms with van der Waals surface area (Å²) in [6.07, 6.45) is 4.38. The van der Waals surface area contributed by atoms with Gasteiger partial charge in [-0.05, 0) is 80.0 Å². The van der Waals surface area contributed by atoms with Crippen LogP contribution in [0.1, 0.15) is 36.0 Å². The van der Waals surface area contributed by atoms with Crippen molar-refractivity contribution in [1.82, 2.24) is 39.3 Å². The fraction of sp³-hybridized carbons (Fsp3) is 0.361. The van der Waals surface area contributed by atoms with Gasteiger partial charge in [-0.2, -0.15) is 5.43 Å². The number of nitrogens with two attached hydrogens (primary N) is 1. The van der Waals surface area contributed by atoms with Crippen LogP contribution in [0, 0.1) is 11.8 Å². The van der Waals surface area contributed by atoms with E-state index in [9.17, 15) is 14.4 Å². The number of piperidine rings is 1. The summed E-state index contributed by atoms with van der Waals surface area (Å²) in [5, 5.41) is 3.29. The maximum absolute atomic E-state index is 13.8. The van der Waals surface area contributed by atoms with Crippen LogP contribution >= 0.6 is 0 Å². The molecule has 5 aromatic rings. The number of fused-ring (bicyclic) bond motifs is 4. The smallest absolute Gasteiger partial charge is 0.454 e. The number of hydrogen-bond acceptors (Lipinski definition) is 7. The Morgan fingerprint density at radius 3 is 2.49 bits per heavy atom. The Kier molecular flexibility index (Phi) is 6.46. The van der Waals surface area contributed by atoms with E-state index < -0.39 is 12.1 Å². The van der Waals surface area contributed by atoms with Gasteiger partial charge in [0, 0.05) is 60.9 Å². The van der Waals surface area contributed by atoms with E-state index in [1.54, 1.807) is 14.2 Å². The Hall–Kier alpha value is -5.27. The molecule has 5 heterocycles. The molecule has 250 valence electrons. The summed E-state index contributed by atoms with van der Waals surface area (Å²) < 4.78 is 9.82. The molecule has 49 heavy (non-hydrogen) atoms. The van der Waals surface area contributed by atoms with Crippen LogP contribution in [0.5, 0.6) is 5.75 Å². The number of amides is 5. The lowest BCUT2D eigenvalue weighted by molar-refractivity contribution is 0.0700. The minimum atomic E-state index is -0.525. The van der Waals surface area contributed by atoms with Crippen molar-refractivity contribution in [3.05, 3.63) is 60.2 Å².